The molecule has 0 atom stereocenters. The molecule has 0 fully saturated rings. The van der Waals surface area contributed by atoms with Gasteiger partial charge in [-0.15, -0.1) is 0 Å². The molecule has 0 saturated heterocycles. The Bertz CT molecular complexity index is 1040. The number of nitrogens with zero attached hydrogens (tertiary/aromatic N) is 1. The summed E-state index contributed by atoms with van der Waals surface area (Å²) in [5, 5.41) is 3.99. The molecule has 0 spiro atoms. The van der Waals surface area contributed by atoms with Crippen LogP contribution in [0.3, 0.4) is 0 Å². The van der Waals surface area contributed by atoms with Crippen molar-refractivity contribution >= 4 is 12.1 Å². The van der Waals surface area contributed by atoms with Gasteiger partial charge in [-0.1, -0.05) is 48.9 Å². The van der Waals surface area contributed by atoms with E-state index in [9.17, 15) is 4.79 Å². The summed E-state index contributed by atoms with van der Waals surface area (Å²) >= 11 is 0. The second kappa shape index (κ2) is 11.6. The van der Waals surface area contributed by atoms with Crippen molar-refractivity contribution in [2.24, 2.45) is 5.10 Å². The van der Waals surface area contributed by atoms with Crippen LogP contribution in [0.5, 0.6) is 17.2 Å². The minimum atomic E-state index is -0.342. The molecular weight excluding hydrogens is 404 g/mol. The molecule has 0 heterocycles. The van der Waals surface area contributed by atoms with Crippen molar-refractivity contribution in [3.05, 3.63) is 89.0 Å². The van der Waals surface area contributed by atoms with Crippen LogP contribution in [0.1, 0.15) is 29.2 Å². The van der Waals surface area contributed by atoms with E-state index in [2.05, 4.69) is 36.5 Å². The maximum atomic E-state index is 12.0. The third-order valence-electron chi connectivity index (χ3n) is 4.81. The summed E-state index contributed by atoms with van der Waals surface area (Å²) in [4.78, 5) is 12.0. The Balaban J connectivity index is 1.50. The van der Waals surface area contributed by atoms with Gasteiger partial charge in [0.1, 0.15) is 12.4 Å². The Morgan fingerprint density at radius 1 is 0.938 bits per heavy atom. The first-order valence-corrected chi connectivity index (χ1v) is 10.5. The highest BCUT2D eigenvalue weighted by atomic mass is 16.5. The molecule has 0 unspecified atom stereocenters. The molecule has 1 N–H and O–H groups in total. The lowest BCUT2D eigenvalue weighted by atomic mass is 10.2. The van der Waals surface area contributed by atoms with Gasteiger partial charge in [0.25, 0.3) is 5.91 Å². The van der Waals surface area contributed by atoms with E-state index in [1.807, 2.05) is 48.5 Å². The average molecular weight is 433 g/mol. The second-order valence-electron chi connectivity index (χ2n) is 7.26. The van der Waals surface area contributed by atoms with E-state index in [1.54, 1.807) is 19.4 Å². The van der Waals surface area contributed by atoms with Gasteiger partial charge in [-0.05, 0) is 60.4 Å². The van der Waals surface area contributed by atoms with Crippen LogP contribution in [0.25, 0.3) is 0 Å². The lowest BCUT2D eigenvalue weighted by molar-refractivity contribution is -0.123. The van der Waals surface area contributed by atoms with Gasteiger partial charge in [0.15, 0.2) is 18.1 Å². The maximum absolute atomic E-state index is 12.0. The molecule has 32 heavy (non-hydrogen) atoms. The monoisotopic (exact) mass is 432 g/mol. The van der Waals surface area contributed by atoms with E-state index in [0.717, 1.165) is 17.5 Å². The summed E-state index contributed by atoms with van der Waals surface area (Å²) in [6.45, 7) is 4.47. The standard InChI is InChI=1S/C26H28N2O4/c1-4-20-9-12-23(13-10-20)31-18-26(29)28-27-16-22-11-14-24(25(15-22)30-3)32-17-21-7-5-19(2)6-8-21/h5-16H,4,17-18H2,1-3H3,(H,28,29)/b27-16+. The molecule has 0 bridgehead atoms. The third kappa shape index (κ3) is 6.87. The van der Waals surface area contributed by atoms with Gasteiger partial charge < -0.3 is 14.2 Å². The zero-order chi connectivity index (χ0) is 22.8. The fourth-order valence-corrected chi connectivity index (χ4v) is 2.91. The second-order valence-corrected chi connectivity index (χ2v) is 7.26. The van der Waals surface area contributed by atoms with Gasteiger partial charge in [-0.25, -0.2) is 5.43 Å². The molecule has 1 amide bonds. The van der Waals surface area contributed by atoms with Crippen molar-refractivity contribution < 1.29 is 19.0 Å². The number of nitrogens with one attached hydrogen (secondary N) is 1. The van der Waals surface area contributed by atoms with Crippen molar-refractivity contribution in [2.45, 2.75) is 26.9 Å². The Morgan fingerprint density at radius 2 is 1.66 bits per heavy atom. The number of benzene rings is 3. The van der Waals surface area contributed by atoms with E-state index in [1.165, 1.54) is 11.1 Å². The zero-order valence-corrected chi connectivity index (χ0v) is 18.6. The Kier molecular flexibility index (Phi) is 8.26. The predicted molar refractivity (Wildman–Crippen MR) is 126 cm³/mol. The number of hydrogen-bond donors (Lipinski definition) is 1. The van der Waals surface area contributed by atoms with Crippen molar-refractivity contribution in [3.8, 4) is 17.2 Å². The van der Waals surface area contributed by atoms with Crippen molar-refractivity contribution in [3.63, 3.8) is 0 Å². The first kappa shape index (κ1) is 22.9. The third-order valence-corrected chi connectivity index (χ3v) is 4.81. The van der Waals surface area contributed by atoms with Gasteiger partial charge in [0, 0.05) is 0 Å². The molecule has 3 rings (SSSR count). The molecule has 0 aromatic heterocycles. The van der Waals surface area contributed by atoms with E-state index >= 15 is 0 Å². The SMILES string of the molecule is CCc1ccc(OCC(=O)N/N=C/c2ccc(OCc3ccc(C)cc3)c(OC)c2)cc1. The highest BCUT2D eigenvalue weighted by Gasteiger charge is 2.06. The predicted octanol–water partition coefficient (Wildman–Crippen LogP) is 4.67. The zero-order valence-electron chi connectivity index (χ0n) is 18.6. The maximum Gasteiger partial charge on any atom is 0.277 e. The number of rotatable bonds is 10. The quantitative estimate of drug-likeness (QED) is 0.373. The minimum absolute atomic E-state index is 0.113. The van der Waals surface area contributed by atoms with Gasteiger partial charge >= 0.3 is 0 Å². The molecule has 6 nitrogen and oxygen atoms in total. The minimum Gasteiger partial charge on any atom is -0.493 e. The molecule has 3 aromatic carbocycles. The highest BCUT2D eigenvalue weighted by molar-refractivity contribution is 5.83. The van der Waals surface area contributed by atoms with Crippen LogP contribution in [-0.4, -0.2) is 25.8 Å². The number of methoxy groups -OCH3 is 1. The van der Waals surface area contributed by atoms with Gasteiger partial charge in [-0.3, -0.25) is 4.79 Å². The van der Waals surface area contributed by atoms with Crippen LogP contribution in [0.15, 0.2) is 71.8 Å². The summed E-state index contributed by atoms with van der Waals surface area (Å²) in [7, 11) is 1.58. The number of hydrazone groups is 1. The fourth-order valence-electron chi connectivity index (χ4n) is 2.91. The smallest absolute Gasteiger partial charge is 0.277 e. The van der Waals surface area contributed by atoms with Crippen LogP contribution in [0, 0.1) is 6.92 Å². The summed E-state index contributed by atoms with van der Waals surface area (Å²) in [6, 6.07) is 21.3. The molecule has 6 heteroatoms. The van der Waals surface area contributed by atoms with Crippen molar-refractivity contribution in [1.82, 2.24) is 5.43 Å². The van der Waals surface area contributed by atoms with E-state index in [0.29, 0.717) is 23.9 Å². The first-order chi connectivity index (χ1) is 15.6. The van der Waals surface area contributed by atoms with Gasteiger partial charge in [0.05, 0.1) is 13.3 Å². The lowest BCUT2D eigenvalue weighted by Gasteiger charge is -2.11. The number of amides is 1. The Morgan fingerprint density at radius 3 is 2.34 bits per heavy atom. The Hall–Kier alpha value is -3.80. The number of hydrogen-bond acceptors (Lipinski definition) is 5. The average Bonchev–Trinajstić information content (AvgIpc) is 2.83. The van der Waals surface area contributed by atoms with Crippen LogP contribution < -0.4 is 19.6 Å². The normalized spacial score (nSPS) is 10.7. The molecular formula is C26H28N2O4. The molecule has 0 saturated carbocycles. The van der Waals surface area contributed by atoms with E-state index in [-0.39, 0.29) is 12.5 Å². The molecule has 0 radical (unpaired) electrons. The van der Waals surface area contributed by atoms with Crippen LogP contribution in [0.2, 0.25) is 0 Å². The first-order valence-electron chi connectivity index (χ1n) is 10.5. The fraction of sp³-hybridized carbons (Fsp3) is 0.231. The largest absolute Gasteiger partial charge is 0.493 e. The van der Waals surface area contributed by atoms with E-state index in [4.69, 9.17) is 14.2 Å². The molecule has 0 aliphatic heterocycles. The van der Waals surface area contributed by atoms with E-state index < -0.39 is 0 Å². The number of ether oxygens (including phenoxy) is 3. The molecule has 166 valence electrons. The van der Waals surface area contributed by atoms with Crippen molar-refractivity contribution in [1.29, 1.82) is 0 Å². The number of carbonyl (C=O) groups excluding carboxylic acids is 1. The number of carbonyl (C=O) groups is 1. The van der Waals surface area contributed by atoms with Gasteiger partial charge in [0.2, 0.25) is 0 Å². The summed E-state index contributed by atoms with van der Waals surface area (Å²) < 4.78 is 16.8. The lowest BCUT2D eigenvalue weighted by Crippen LogP contribution is -2.24. The molecule has 0 aliphatic carbocycles. The molecule has 0 aliphatic rings. The van der Waals surface area contributed by atoms with Crippen LogP contribution >= 0.6 is 0 Å². The topological polar surface area (TPSA) is 69.2 Å². The van der Waals surface area contributed by atoms with Crippen molar-refractivity contribution in [2.75, 3.05) is 13.7 Å². The summed E-state index contributed by atoms with van der Waals surface area (Å²) in [5.41, 5.74) is 6.73. The van der Waals surface area contributed by atoms with Crippen LogP contribution in [0.4, 0.5) is 0 Å². The van der Waals surface area contributed by atoms with Gasteiger partial charge in [-0.2, -0.15) is 5.10 Å². The number of aryl methyl sites for hydroxylation is 2. The summed E-state index contributed by atoms with van der Waals surface area (Å²) in [5.74, 6) is 1.53. The highest BCUT2D eigenvalue weighted by Crippen LogP contribution is 2.28. The summed E-state index contributed by atoms with van der Waals surface area (Å²) in [6.07, 6.45) is 2.50. The van der Waals surface area contributed by atoms with Crippen LogP contribution in [-0.2, 0) is 17.8 Å². The Labute approximate surface area is 188 Å². The molecule has 3 aromatic rings.